The number of rotatable bonds is 6. The van der Waals surface area contributed by atoms with Gasteiger partial charge in [-0.3, -0.25) is 4.79 Å². The van der Waals surface area contributed by atoms with Gasteiger partial charge in [-0.25, -0.2) is 4.79 Å². The Hall–Kier alpha value is -1.30. The number of urea groups is 1. The fraction of sp³-hybridized carbons (Fsp3) is 0.800. The molecule has 1 atom stereocenters. The van der Waals surface area contributed by atoms with E-state index in [0.29, 0.717) is 13.2 Å². The summed E-state index contributed by atoms with van der Waals surface area (Å²) in [6.45, 7) is 6.09. The fourth-order valence-electron chi connectivity index (χ4n) is 0.884. The number of ether oxygens (including phenoxy) is 1. The van der Waals surface area contributed by atoms with E-state index in [9.17, 15) is 9.59 Å². The Labute approximate surface area is 95.6 Å². The normalized spacial score (nSPS) is 12.3. The third-order valence-corrected chi connectivity index (χ3v) is 1.93. The molecule has 0 aliphatic rings. The number of nitrogens with one attached hydrogen (secondary N) is 1. The molecular weight excluding hydrogens is 212 g/mol. The lowest BCUT2D eigenvalue weighted by atomic mass is 10.3. The first-order valence-electron chi connectivity index (χ1n) is 5.20. The molecule has 0 saturated heterocycles. The topological polar surface area (TPSA) is 78.9 Å². The second-order valence-corrected chi connectivity index (χ2v) is 3.85. The van der Waals surface area contributed by atoms with Crippen molar-refractivity contribution in [3.8, 4) is 0 Å². The van der Waals surface area contributed by atoms with Crippen molar-refractivity contribution < 1.29 is 19.4 Å². The van der Waals surface area contributed by atoms with E-state index < -0.39 is 18.0 Å². The summed E-state index contributed by atoms with van der Waals surface area (Å²) in [6, 6.07) is -1.30. The summed E-state index contributed by atoms with van der Waals surface area (Å²) in [4.78, 5) is 23.3. The molecule has 0 bridgehead atoms. The maximum Gasteiger partial charge on any atom is 0.325 e. The molecule has 16 heavy (non-hydrogen) atoms. The van der Waals surface area contributed by atoms with Crippen LogP contribution >= 0.6 is 0 Å². The van der Waals surface area contributed by atoms with Crippen LogP contribution in [0.15, 0.2) is 0 Å². The molecule has 2 amide bonds. The number of carboxylic acids is 1. The van der Waals surface area contributed by atoms with Gasteiger partial charge in [0.1, 0.15) is 6.04 Å². The van der Waals surface area contributed by atoms with E-state index in [1.807, 2.05) is 13.8 Å². The number of aliphatic carboxylic acids is 1. The highest BCUT2D eigenvalue weighted by atomic mass is 16.5. The predicted molar refractivity (Wildman–Crippen MR) is 59.3 cm³/mol. The van der Waals surface area contributed by atoms with Gasteiger partial charge in [-0.05, 0) is 20.8 Å². The summed E-state index contributed by atoms with van der Waals surface area (Å²) >= 11 is 0. The van der Waals surface area contributed by atoms with Gasteiger partial charge in [-0.15, -0.1) is 0 Å². The molecule has 0 fully saturated rings. The summed E-state index contributed by atoms with van der Waals surface area (Å²) in [5.41, 5.74) is 0. The molecule has 0 aliphatic heterocycles. The van der Waals surface area contributed by atoms with Gasteiger partial charge in [-0.2, -0.15) is 0 Å². The number of carboxylic acid groups (broad SMARTS) is 1. The third kappa shape index (κ3) is 6.23. The molecule has 0 rings (SSSR count). The maximum absolute atomic E-state index is 11.4. The van der Waals surface area contributed by atoms with E-state index in [1.165, 1.54) is 11.8 Å². The Bertz CT molecular complexity index is 243. The first kappa shape index (κ1) is 14.7. The van der Waals surface area contributed by atoms with Gasteiger partial charge in [0.15, 0.2) is 0 Å². The van der Waals surface area contributed by atoms with Gasteiger partial charge in [0.05, 0.1) is 12.7 Å². The molecule has 94 valence electrons. The molecule has 0 saturated carbocycles. The van der Waals surface area contributed by atoms with Crippen LogP contribution in [-0.2, 0) is 9.53 Å². The molecule has 0 unspecified atom stereocenters. The van der Waals surface area contributed by atoms with Crippen LogP contribution in [0.5, 0.6) is 0 Å². The number of hydrogen-bond acceptors (Lipinski definition) is 3. The van der Waals surface area contributed by atoms with Crippen molar-refractivity contribution in [1.82, 2.24) is 10.2 Å². The quantitative estimate of drug-likeness (QED) is 0.700. The highest BCUT2D eigenvalue weighted by molar-refractivity contribution is 5.82. The number of carbonyl (C=O) groups excluding carboxylic acids is 1. The van der Waals surface area contributed by atoms with Crippen LogP contribution in [0.2, 0.25) is 0 Å². The summed E-state index contributed by atoms with van der Waals surface area (Å²) in [6.07, 6.45) is 0.120. The zero-order valence-corrected chi connectivity index (χ0v) is 10.2. The van der Waals surface area contributed by atoms with Gasteiger partial charge in [0.25, 0.3) is 0 Å². The van der Waals surface area contributed by atoms with E-state index in [0.717, 1.165) is 0 Å². The van der Waals surface area contributed by atoms with E-state index in [-0.39, 0.29) is 6.10 Å². The second kappa shape index (κ2) is 7.05. The summed E-state index contributed by atoms with van der Waals surface area (Å²) in [7, 11) is 1.59. The minimum Gasteiger partial charge on any atom is -0.480 e. The Morgan fingerprint density at radius 2 is 1.94 bits per heavy atom. The number of hydrogen-bond donors (Lipinski definition) is 2. The minimum absolute atomic E-state index is 0.120. The van der Waals surface area contributed by atoms with Crippen molar-refractivity contribution in [2.75, 3.05) is 20.2 Å². The van der Waals surface area contributed by atoms with Crippen LogP contribution < -0.4 is 5.32 Å². The number of nitrogens with zero attached hydrogens (tertiary/aromatic N) is 1. The van der Waals surface area contributed by atoms with Crippen molar-refractivity contribution in [1.29, 1.82) is 0 Å². The monoisotopic (exact) mass is 232 g/mol. The molecule has 0 spiro atoms. The summed E-state index contributed by atoms with van der Waals surface area (Å²) < 4.78 is 5.28. The highest BCUT2D eigenvalue weighted by Gasteiger charge is 2.16. The largest absolute Gasteiger partial charge is 0.480 e. The lowest BCUT2D eigenvalue weighted by molar-refractivity contribution is -0.138. The fourth-order valence-corrected chi connectivity index (χ4v) is 0.884. The van der Waals surface area contributed by atoms with Crippen LogP contribution in [0, 0.1) is 0 Å². The van der Waals surface area contributed by atoms with Crippen LogP contribution in [0.25, 0.3) is 0 Å². The minimum atomic E-state index is -1.06. The van der Waals surface area contributed by atoms with Gasteiger partial charge in [-0.1, -0.05) is 0 Å². The van der Waals surface area contributed by atoms with Gasteiger partial charge in [0.2, 0.25) is 0 Å². The van der Waals surface area contributed by atoms with Crippen LogP contribution in [0.1, 0.15) is 20.8 Å². The average Bonchev–Trinajstić information content (AvgIpc) is 2.16. The van der Waals surface area contributed by atoms with Crippen molar-refractivity contribution in [2.24, 2.45) is 0 Å². The smallest absolute Gasteiger partial charge is 0.325 e. The molecule has 6 nitrogen and oxygen atoms in total. The highest BCUT2D eigenvalue weighted by Crippen LogP contribution is 1.91. The average molecular weight is 232 g/mol. The van der Waals surface area contributed by atoms with E-state index in [1.54, 1.807) is 7.05 Å². The predicted octanol–water partition coefficient (Wildman–Crippen LogP) is 0.526. The van der Waals surface area contributed by atoms with Gasteiger partial charge < -0.3 is 20.1 Å². The van der Waals surface area contributed by atoms with Crippen LogP contribution in [-0.4, -0.2) is 54.4 Å². The lowest BCUT2D eigenvalue weighted by Crippen LogP contribution is -2.46. The van der Waals surface area contributed by atoms with Crippen molar-refractivity contribution in [3.63, 3.8) is 0 Å². The third-order valence-electron chi connectivity index (χ3n) is 1.93. The molecule has 6 heteroatoms. The molecular formula is C10H20N2O4. The molecule has 0 aromatic heterocycles. The number of amides is 2. The Morgan fingerprint density at radius 3 is 2.38 bits per heavy atom. The molecule has 0 aromatic carbocycles. The first-order valence-corrected chi connectivity index (χ1v) is 5.20. The van der Waals surface area contributed by atoms with E-state index in [2.05, 4.69) is 5.32 Å². The molecule has 0 heterocycles. The van der Waals surface area contributed by atoms with E-state index in [4.69, 9.17) is 9.84 Å². The molecule has 0 aromatic rings. The van der Waals surface area contributed by atoms with Crippen molar-refractivity contribution in [2.45, 2.75) is 32.9 Å². The lowest BCUT2D eigenvalue weighted by Gasteiger charge is -2.20. The Kier molecular flexibility index (Phi) is 6.48. The molecule has 0 aliphatic carbocycles. The van der Waals surface area contributed by atoms with E-state index >= 15 is 0 Å². The van der Waals surface area contributed by atoms with Crippen molar-refractivity contribution >= 4 is 12.0 Å². The van der Waals surface area contributed by atoms with Crippen molar-refractivity contribution in [3.05, 3.63) is 0 Å². The van der Waals surface area contributed by atoms with Crippen LogP contribution in [0.3, 0.4) is 0 Å². The number of carbonyl (C=O) groups is 2. The van der Waals surface area contributed by atoms with Gasteiger partial charge >= 0.3 is 12.0 Å². The maximum atomic E-state index is 11.4. The summed E-state index contributed by atoms with van der Waals surface area (Å²) in [5, 5.41) is 11.0. The Balaban J connectivity index is 3.86. The standard InChI is InChI=1S/C10H20N2O4/c1-7(2)16-6-5-12(4)10(15)11-8(3)9(13)14/h7-8H,5-6H2,1-4H3,(H,11,15)(H,13,14)/t8-/m0/s1. The zero-order chi connectivity index (χ0) is 12.7. The summed E-state index contributed by atoms with van der Waals surface area (Å²) in [5.74, 6) is -1.06. The SMILES string of the molecule is CC(C)OCCN(C)C(=O)N[C@@H](C)C(=O)O. The van der Waals surface area contributed by atoms with Gasteiger partial charge in [0, 0.05) is 13.6 Å². The second-order valence-electron chi connectivity index (χ2n) is 3.85. The first-order chi connectivity index (χ1) is 7.34. The number of likely N-dealkylation sites (N-methyl/N-ethyl adjacent to an activating group) is 1. The molecule has 2 N–H and O–H groups in total. The van der Waals surface area contributed by atoms with Crippen LogP contribution in [0.4, 0.5) is 4.79 Å². The Morgan fingerprint density at radius 1 is 1.38 bits per heavy atom. The molecule has 0 radical (unpaired) electrons. The zero-order valence-electron chi connectivity index (χ0n) is 10.2.